The van der Waals surface area contributed by atoms with E-state index in [-0.39, 0.29) is 0 Å². The van der Waals surface area contributed by atoms with Crippen LogP contribution in [-0.4, -0.2) is 19.2 Å². The molecule has 0 aliphatic carbocycles. The molecule has 0 amide bonds. The van der Waals surface area contributed by atoms with Gasteiger partial charge in [-0.15, -0.1) is 0 Å². The summed E-state index contributed by atoms with van der Waals surface area (Å²) in [4.78, 5) is 16.5. The molecule has 0 N–H and O–H groups in total. The maximum atomic E-state index is 12.0. The Bertz CT molecular complexity index is 1150. The zero-order valence-electron chi connectivity index (χ0n) is 13.8. The van der Waals surface area contributed by atoms with E-state index in [1.807, 2.05) is 36.4 Å². The molecule has 124 valence electrons. The topological polar surface area (TPSA) is 61.6 Å². The van der Waals surface area contributed by atoms with Crippen LogP contribution in [0.3, 0.4) is 0 Å². The molecule has 0 saturated heterocycles. The SMILES string of the molecule is COc1cc2oc(=O)cc(-c3cnc4ccccc4c3)c2cc1OC. The smallest absolute Gasteiger partial charge is 0.336 e. The Morgan fingerprint density at radius 2 is 1.72 bits per heavy atom. The van der Waals surface area contributed by atoms with Crippen molar-refractivity contribution in [3.8, 4) is 22.6 Å². The average Bonchev–Trinajstić information content (AvgIpc) is 2.65. The first kappa shape index (κ1) is 15.2. The van der Waals surface area contributed by atoms with Crippen LogP contribution in [0.4, 0.5) is 0 Å². The first-order valence-corrected chi connectivity index (χ1v) is 7.74. The lowest BCUT2D eigenvalue weighted by molar-refractivity contribution is 0.355. The van der Waals surface area contributed by atoms with Crippen LogP contribution in [0, 0.1) is 0 Å². The standard InChI is InChI=1S/C20H15NO4/c1-23-18-8-15-14(9-20(22)25-17(15)10-19(18)24-2)13-7-12-5-3-4-6-16(12)21-11-13/h3-11H,1-2H3. The summed E-state index contributed by atoms with van der Waals surface area (Å²) >= 11 is 0. The first-order chi connectivity index (χ1) is 12.2. The van der Waals surface area contributed by atoms with Gasteiger partial charge in [0, 0.05) is 40.2 Å². The molecule has 5 nitrogen and oxygen atoms in total. The minimum Gasteiger partial charge on any atom is -0.493 e. The minimum absolute atomic E-state index is 0.428. The van der Waals surface area contributed by atoms with E-state index in [0.717, 1.165) is 27.4 Å². The van der Waals surface area contributed by atoms with Gasteiger partial charge in [0.1, 0.15) is 5.58 Å². The van der Waals surface area contributed by atoms with Crippen LogP contribution in [0.25, 0.3) is 33.0 Å². The van der Waals surface area contributed by atoms with Crippen LogP contribution >= 0.6 is 0 Å². The molecule has 4 rings (SSSR count). The normalized spacial score (nSPS) is 11.0. The van der Waals surface area contributed by atoms with Gasteiger partial charge in [0.15, 0.2) is 11.5 Å². The monoisotopic (exact) mass is 333 g/mol. The minimum atomic E-state index is -0.428. The van der Waals surface area contributed by atoms with Crippen LogP contribution in [0.15, 0.2) is 63.9 Å². The fraction of sp³-hybridized carbons (Fsp3) is 0.100. The van der Waals surface area contributed by atoms with Crippen molar-refractivity contribution in [2.45, 2.75) is 0 Å². The van der Waals surface area contributed by atoms with Crippen molar-refractivity contribution >= 4 is 21.9 Å². The number of para-hydroxylation sites is 1. The van der Waals surface area contributed by atoms with Gasteiger partial charge in [0.05, 0.1) is 19.7 Å². The lowest BCUT2D eigenvalue weighted by Crippen LogP contribution is -2.00. The summed E-state index contributed by atoms with van der Waals surface area (Å²) in [6, 6.07) is 14.8. The van der Waals surface area contributed by atoms with Gasteiger partial charge >= 0.3 is 5.63 Å². The van der Waals surface area contributed by atoms with Gasteiger partial charge in [-0.3, -0.25) is 4.98 Å². The molecule has 2 heterocycles. The number of methoxy groups -OCH3 is 2. The van der Waals surface area contributed by atoms with Crippen molar-refractivity contribution in [2.24, 2.45) is 0 Å². The molecule has 0 aliphatic rings. The van der Waals surface area contributed by atoms with Gasteiger partial charge in [-0.25, -0.2) is 4.79 Å². The molecule has 2 aromatic heterocycles. The molecule has 0 bridgehead atoms. The van der Waals surface area contributed by atoms with Crippen molar-refractivity contribution in [1.82, 2.24) is 4.98 Å². The van der Waals surface area contributed by atoms with Crippen LogP contribution < -0.4 is 15.1 Å². The van der Waals surface area contributed by atoms with Gasteiger partial charge in [-0.05, 0) is 18.2 Å². The van der Waals surface area contributed by atoms with E-state index in [0.29, 0.717) is 17.1 Å². The third kappa shape index (κ3) is 2.59. The molecule has 2 aromatic carbocycles. The summed E-state index contributed by atoms with van der Waals surface area (Å²) in [5.41, 5.74) is 2.49. The number of benzene rings is 2. The summed E-state index contributed by atoms with van der Waals surface area (Å²) in [6.45, 7) is 0. The summed E-state index contributed by atoms with van der Waals surface area (Å²) in [7, 11) is 3.11. The van der Waals surface area contributed by atoms with Crippen molar-refractivity contribution in [3.05, 3.63) is 65.1 Å². The Morgan fingerprint density at radius 3 is 2.52 bits per heavy atom. The van der Waals surface area contributed by atoms with Gasteiger partial charge < -0.3 is 13.9 Å². The van der Waals surface area contributed by atoms with Gasteiger partial charge in [0.2, 0.25) is 0 Å². The van der Waals surface area contributed by atoms with Gasteiger partial charge in [-0.2, -0.15) is 0 Å². The van der Waals surface area contributed by atoms with E-state index in [1.165, 1.54) is 6.07 Å². The fourth-order valence-electron chi connectivity index (χ4n) is 2.95. The molecule has 5 heteroatoms. The lowest BCUT2D eigenvalue weighted by Gasteiger charge is -2.11. The van der Waals surface area contributed by atoms with Crippen LogP contribution in [0.1, 0.15) is 0 Å². The lowest BCUT2D eigenvalue weighted by atomic mass is 10.0. The number of rotatable bonds is 3. The van der Waals surface area contributed by atoms with E-state index < -0.39 is 5.63 Å². The quantitative estimate of drug-likeness (QED) is 0.530. The highest BCUT2D eigenvalue weighted by Gasteiger charge is 2.14. The molecule has 0 unspecified atom stereocenters. The molecule has 0 atom stereocenters. The third-order valence-electron chi connectivity index (χ3n) is 4.15. The molecule has 0 fully saturated rings. The third-order valence-corrected chi connectivity index (χ3v) is 4.15. The number of hydrogen-bond acceptors (Lipinski definition) is 5. The van der Waals surface area contributed by atoms with Gasteiger partial charge in [0.25, 0.3) is 0 Å². The zero-order valence-corrected chi connectivity index (χ0v) is 13.8. The number of nitrogens with zero attached hydrogens (tertiary/aromatic N) is 1. The Kier molecular flexibility index (Phi) is 3.61. The molecule has 4 aromatic rings. The van der Waals surface area contributed by atoms with E-state index in [1.54, 1.807) is 26.5 Å². The van der Waals surface area contributed by atoms with Crippen molar-refractivity contribution in [2.75, 3.05) is 14.2 Å². The first-order valence-electron chi connectivity index (χ1n) is 7.74. The molecule has 0 saturated carbocycles. The molecule has 25 heavy (non-hydrogen) atoms. The Balaban J connectivity index is 2.03. The molecular weight excluding hydrogens is 318 g/mol. The second kappa shape index (κ2) is 5.94. The highest BCUT2D eigenvalue weighted by Crippen LogP contribution is 2.36. The predicted octanol–water partition coefficient (Wildman–Crippen LogP) is 4.03. The fourth-order valence-corrected chi connectivity index (χ4v) is 2.95. The number of pyridine rings is 1. The summed E-state index contributed by atoms with van der Waals surface area (Å²) in [6.07, 6.45) is 1.76. The second-order valence-corrected chi connectivity index (χ2v) is 5.60. The van der Waals surface area contributed by atoms with E-state index in [2.05, 4.69) is 4.98 Å². The Labute approximate surface area is 143 Å². The number of hydrogen-bond donors (Lipinski definition) is 0. The van der Waals surface area contributed by atoms with Crippen molar-refractivity contribution in [1.29, 1.82) is 0 Å². The number of ether oxygens (including phenoxy) is 2. The highest BCUT2D eigenvalue weighted by atomic mass is 16.5. The molecule has 0 aliphatic heterocycles. The summed E-state index contributed by atoms with van der Waals surface area (Å²) in [5, 5.41) is 1.76. The average molecular weight is 333 g/mol. The Hall–Kier alpha value is -3.34. The van der Waals surface area contributed by atoms with Crippen LogP contribution in [-0.2, 0) is 0 Å². The Morgan fingerprint density at radius 1 is 0.960 bits per heavy atom. The van der Waals surface area contributed by atoms with Crippen LogP contribution in [0.5, 0.6) is 11.5 Å². The largest absolute Gasteiger partial charge is 0.493 e. The molecular formula is C20H15NO4. The summed E-state index contributed by atoms with van der Waals surface area (Å²) < 4.78 is 16.0. The highest BCUT2D eigenvalue weighted by molar-refractivity contribution is 5.96. The second-order valence-electron chi connectivity index (χ2n) is 5.60. The number of aromatic nitrogens is 1. The maximum Gasteiger partial charge on any atom is 0.336 e. The molecule has 0 radical (unpaired) electrons. The zero-order chi connectivity index (χ0) is 17.4. The van der Waals surface area contributed by atoms with Gasteiger partial charge in [-0.1, -0.05) is 18.2 Å². The summed E-state index contributed by atoms with van der Waals surface area (Å²) in [5.74, 6) is 1.07. The van der Waals surface area contributed by atoms with E-state index in [4.69, 9.17) is 13.9 Å². The molecule has 0 spiro atoms. The van der Waals surface area contributed by atoms with Crippen LogP contribution in [0.2, 0.25) is 0 Å². The van der Waals surface area contributed by atoms with Crippen molar-refractivity contribution < 1.29 is 13.9 Å². The number of fused-ring (bicyclic) bond motifs is 2. The van der Waals surface area contributed by atoms with E-state index >= 15 is 0 Å². The van der Waals surface area contributed by atoms with Crippen molar-refractivity contribution in [3.63, 3.8) is 0 Å². The van der Waals surface area contributed by atoms with E-state index in [9.17, 15) is 4.79 Å². The maximum absolute atomic E-state index is 12.0. The predicted molar refractivity (Wildman–Crippen MR) is 96.3 cm³/mol.